The van der Waals surface area contributed by atoms with Crippen LogP contribution < -0.4 is 0 Å². The molecule has 1 aliphatic rings. The Bertz CT molecular complexity index is 288. The first-order valence-electron chi connectivity index (χ1n) is 4.58. The molecule has 0 atom stereocenters. The monoisotopic (exact) mass is 179 g/mol. The quantitative estimate of drug-likeness (QED) is 0.669. The molecule has 4 nitrogen and oxygen atoms in total. The lowest BCUT2D eigenvalue weighted by molar-refractivity contribution is -0.136. The van der Waals surface area contributed by atoms with Gasteiger partial charge in [0, 0.05) is 31.9 Å². The third-order valence-corrected chi connectivity index (χ3v) is 2.42. The Morgan fingerprint density at radius 2 is 2.38 bits per heavy atom. The van der Waals surface area contributed by atoms with Crippen LogP contribution in [0.25, 0.3) is 0 Å². The molecule has 2 heterocycles. The number of nitrogens with zero attached hydrogens (tertiary/aromatic N) is 3. The second-order valence-electron chi connectivity index (χ2n) is 3.29. The van der Waals surface area contributed by atoms with Crippen molar-refractivity contribution in [3.05, 3.63) is 18.5 Å². The zero-order valence-corrected chi connectivity index (χ0v) is 7.68. The Morgan fingerprint density at radius 3 is 2.92 bits per heavy atom. The minimum atomic E-state index is 0.239. The maximum Gasteiger partial charge on any atom is 0.222 e. The summed E-state index contributed by atoms with van der Waals surface area (Å²) in [7, 11) is 0. The van der Waals surface area contributed by atoms with E-state index in [1.54, 1.807) is 6.20 Å². The highest BCUT2D eigenvalue weighted by molar-refractivity contribution is 5.76. The van der Waals surface area contributed by atoms with Crippen LogP contribution in [0.4, 0.5) is 0 Å². The van der Waals surface area contributed by atoms with Crippen LogP contribution in [0.3, 0.4) is 0 Å². The predicted molar refractivity (Wildman–Crippen MR) is 48.1 cm³/mol. The summed E-state index contributed by atoms with van der Waals surface area (Å²) in [4.78, 5) is 13.1. The summed E-state index contributed by atoms with van der Waals surface area (Å²) in [6.45, 7) is 3.52. The summed E-state index contributed by atoms with van der Waals surface area (Å²) in [5.41, 5.74) is 0. The van der Waals surface area contributed by atoms with Gasteiger partial charge < -0.3 is 4.90 Å². The Hall–Kier alpha value is -1.32. The Morgan fingerprint density at radius 1 is 1.62 bits per heavy atom. The number of rotatable bonds is 2. The molecule has 0 radical (unpaired) electrons. The molecule has 0 spiro atoms. The van der Waals surface area contributed by atoms with Crippen LogP contribution in [-0.4, -0.2) is 33.7 Å². The third kappa shape index (κ3) is 1.43. The molecule has 1 amide bonds. The van der Waals surface area contributed by atoms with Gasteiger partial charge in [0.2, 0.25) is 5.91 Å². The molecule has 1 aliphatic heterocycles. The van der Waals surface area contributed by atoms with Gasteiger partial charge in [-0.1, -0.05) is 6.92 Å². The molecular weight excluding hydrogens is 166 g/mol. The van der Waals surface area contributed by atoms with Gasteiger partial charge in [-0.2, -0.15) is 5.10 Å². The first-order valence-corrected chi connectivity index (χ1v) is 4.58. The summed E-state index contributed by atoms with van der Waals surface area (Å²) in [6.07, 6.45) is 4.31. The predicted octanol–water partition coefficient (Wildman–Crippen LogP) is 0.676. The van der Waals surface area contributed by atoms with Gasteiger partial charge >= 0.3 is 0 Å². The molecular formula is C9H13N3O. The van der Waals surface area contributed by atoms with Crippen LogP contribution >= 0.6 is 0 Å². The van der Waals surface area contributed by atoms with Crippen LogP contribution in [0.2, 0.25) is 0 Å². The minimum absolute atomic E-state index is 0.239. The highest BCUT2D eigenvalue weighted by atomic mass is 16.2. The Balaban J connectivity index is 1.89. The molecule has 0 aliphatic carbocycles. The number of carbonyl (C=O) groups is 1. The molecule has 1 aromatic rings. The van der Waals surface area contributed by atoms with E-state index in [-0.39, 0.29) is 5.91 Å². The standard InChI is InChI=1S/C9H13N3O/c1-2-9(13)11-6-8(7-11)12-5-3-4-10-12/h3-5,8H,2,6-7H2,1H3. The number of likely N-dealkylation sites (tertiary alicyclic amines) is 1. The molecule has 0 saturated carbocycles. The number of carbonyl (C=O) groups excluding carboxylic acids is 1. The second kappa shape index (κ2) is 3.20. The fourth-order valence-electron chi connectivity index (χ4n) is 1.55. The molecule has 1 fully saturated rings. The second-order valence-corrected chi connectivity index (χ2v) is 3.29. The van der Waals surface area contributed by atoms with Gasteiger partial charge in [-0.25, -0.2) is 0 Å². The lowest BCUT2D eigenvalue weighted by Crippen LogP contribution is -2.50. The number of hydrogen-bond donors (Lipinski definition) is 0. The number of aromatic nitrogens is 2. The minimum Gasteiger partial charge on any atom is -0.338 e. The maximum atomic E-state index is 11.2. The molecule has 4 heteroatoms. The van der Waals surface area contributed by atoms with Crippen molar-refractivity contribution in [2.24, 2.45) is 0 Å². The lowest BCUT2D eigenvalue weighted by Gasteiger charge is -2.39. The molecule has 0 N–H and O–H groups in total. The van der Waals surface area contributed by atoms with Crippen LogP contribution in [0.1, 0.15) is 19.4 Å². The molecule has 1 aromatic heterocycles. The van der Waals surface area contributed by atoms with Crippen LogP contribution in [0.15, 0.2) is 18.5 Å². The zero-order valence-electron chi connectivity index (χ0n) is 7.68. The van der Waals surface area contributed by atoms with Gasteiger partial charge in [0.1, 0.15) is 0 Å². The summed E-state index contributed by atoms with van der Waals surface area (Å²) < 4.78 is 1.92. The fourth-order valence-corrected chi connectivity index (χ4v) is 1.55. The van der Waals surface area contributed by atoms with Crippen molar-refractivity contribution in [3.8, 4) is 0 Å². The van der Waals surface area contributed by atoms with Crippen molar-refractivity contribution in [3.63, 3.8) is 0 Å². The maximum absolute atomic E-state index is 11.2. The van der Waals surface area contributed by atoms with Crippen molar-refractivity contribution >= 4 is 5.91 Å². The van der Waals surface area contributed by atoms with E-state index in [9.17, 15) is 4.79 Å². The SMILES string of the molecule is CCC(=O)N1CC(n2cccn2)C1. The third-order valence-electron chi connectivity index (χ3n) is 2.42. The first-order chi connectivity index (χ1) is 6.31. The van der Waals surface area contributed by atoms with Gasteiger partial charge in [0.15, 0.2) is 0 Å². The molecule has 0 unspecified atom stereocenters. The summed E-state index contributed by atoms with van der Waals surface area (Å²) >= 11 is 0. The van der Waals surface area contributed by atoms with Gasteiger partial charge in [-0.3, -0.25) is 9.48 Å². The van der Waals surface area contributed by atoms with Gasteiger partial charge in [0.25, 0.3) is 0 Å². The van der Waals surface area contributed by atoms with Crippen LogP contribution in [0.5, 0.6) is 0 Å². The van der Waals surface area contributed by atoms with Gasteiger partial charge in [-0.15, -0.1) is 0 Å². The van der Waals surface area contributed by atoms with E-state index < -0.39 is 0 Å². The Kier molecular flexibility index (Phi) is 2.04. The summed E-state index contributed by atoms with van der Waals surface area (Å²) in [6, 6.07) is 2.30. The topological polar surface area (TPSA) is 38.1 Å². The van der Waals surface area contributed by atoms with Crippen molar-refractivity contribution in [1.29, 1.82) is 0 Å². The average Bonchev–Trinajstić information content (AvgIpc) is 2.54. The molecule has 0 aromatic carbocycles. The Labute approximate surface area is 77.1 Å². The van der Waals surface area contributed by atoms with E-state index in [0.717, 1.165) is 13.1 Å². The molecule has 13 heavy (non-hydrogen) atoms. The van der Waals surface area contributed by atoms with Crippen molar-refractivity contribution in [2.75, 3.05) is 13.1 Å². The molecule has 2 rings (SSSR count). The van der Waals surface area contributed by atoms with Crippen LogP contribution in [-0.2, 0) is 4.79 Å². The lowest BCUT2D eigenvalue weighted by atomic mass is 10.1. The molecule has 1 saturated heterocycles. The van der Waals surface area contributed by atoms with Crippen molar-refractivity contribution in [2.45, 2.75) is 19.4 Å². The van der Waals surface area contributed by atoms with Gasteiger partial charge in [0.05, 0.1) is 6.04 Å². The van der Waals surface area contributed by atoms with E-state index in [4.69, 9.17) is 0 Å². The van der Waals surface area contributed by atoms with Crippen molar-refractivity contribution < 1.29 is 4.79 Å². The normalized spacial score (nSPS) is 17.2. The highest BCUT2D eigenvalue weighted by Crippen LogP contribution is 2.20. The number of amides is 1. The summed E-state index contributed by atoms with van der Waals surface area (Å²) in [5, 5.41) is 4.14. The summed E-state index contributed by atoms with van der Waals surface area (Å²) in [5.74, 6) is 0.239. The fraction of sp³-hybridized carbons (Fsp3) is 0.556. The van der Waals surface area contributed by atoms with E-state index >= 15 is 0 Å². The molecule has 70 valence electrons. The van der Waals surface area contributed by atoms with Gasteiger partial charge in [-0.05, 0) is 6.07 Å². The van der Waals surface area contributed by atoms with Crippen LogP contribution in [0, 0.1) is 0 Å². The van der Waals surface area contributed by atoms with E-state index in [1.807, 2.05) is 28.8 Å². The van der Waals surface area contributed by atoms with E-state index in [2.05, 4.69) is 5.10 Å². The first kappa shape index (κ1) is 8.29. The number of hydrogen-bond acceptors (Lipinski definition) is 2. The van der Waals surface area contributed by atoms with Crippen molar-refractivity contribution in [1.82, 2.24) is 14.7 Å². The largest absolute Gasteiger partial charge is 0.338 e. The van der Waals surface area contributed by atoms with E-state index in [0.29, 0.717) is 12.5 Å². The van der Waals surface area contributed by atoms with E-state index in [1.165, 1.54) is 0 Å². The smallest absolute Gasteiger partial charge is 0.222 e. The average molecular weight is 179 g/mol. The zero-order chi connectivity index (χ0) is 9.26. The molecule has 0 bridgehead atoms. The highest BCUT2D eigenvalue weighted by Gasteiger charge is 2.30.